The second kappa shape index (κ2) is 9.08. The zero-order valence-corrected chi connectivity index (χ0v) is 20.2. The number of carboxylic acids is 1. The van der Waals surface area contributed by atoms with Crippen LogP contribution >= 0.6 is 0 Å². The standard InChI is InChI=1S/C30H30N2O4/c33-27(17-18-28(34)35)31(20-15-16-20)29-23-10-3-4-13-25(23)32(26-14-6-12-24(26)29)30(36)22-11-5-8-19-7-1-2-9-21(19)22/h1-5,7-11,13,20,24,26,29H,6,12,14-18H2,(H,34,35). The van der Waals surface area contributed by atoms with Crippen molar-refractivity contribution in [3.63, 3.8) is 0 Å². The molecule has 36 heavy (non-hydrogen) atoms. The highest BCUT2D eigenvalue weighted by Gasteiger charge is 2.51. The van der Waals surface area contributed by atoms with Crippen molar-refractivity contribution in [2.24, 2.45) is 5.92 Å². The van der Waals surface area contributed by atoms with E-state index in [2.05, 4.69) is 6.07 Å². The fourth-order valence-electron chi connectivity index (χ4n) is 6.46. The van der Waals surface area contributed by atoms with Crippen molar-refractivity contribution in [3.05, 3.63) is 77.9 Å². The zero-order valence-electron chi connectivity index (χ0n) is 20.2. The molecule has 2 amide bonds. The Balaban J connectivity index is 1.44. The van der Waals surface area contributed by atoms with Crippen LogP contribution in [0.25, 0.3) is 10.8 Å². The topological polar surface area (TPSA) is 77.9 Å². The monoisotopic (exact) mass is 482 g/mol. The molecule has 0 radical (unpaired) electrons. The highest BCUT2D eigenvalue weighted by molar-refractivity contribution is 6.15. The van der Waals surface area contributed by atoms with E-state index in [-0.39, 0.29) is 48.7 Å². The summed E-state index contributed by atoms with van der Waals surface area (Å²) < 4.78 is 0. The number of carbonyl (C=O) groups is 3. The predicted octanol–water partition coefficient (Wildman–Crippen LogP) is 5.57. The largest absolute Gasteiger partial charge is 0.481 e. The Morgan fingerprint density at radius 2 is 1.61 bits per heavy atom. The molecule has 2 aliphatic carbocycles. The van der Waals surface area contributed by atoms with Crippen molar-refractivity contribution < 1.29 is 19.5 Å². The van der Waals surface area contributed by atoms with Crippen molar-refractivity contribution in [1.29, 1.82) is 0 Å². The molecule has 1 N–H and O–H groups in total. The SMILES string of the molecule is O=C(O)CCC(=O)N(C1CC1)C1c2ccccc2N(C(=O)c2cccc3ccccc23)C2CCCC21. The van der Waals surface area contributed by atoms with Gasteiger partial charge in [0.25, 0.3) is 5.91 Å². The van der Waals surface area contributed by atoms with Crippen LogP contribution in [-0.2, 0) is 9.59 Å². The first kappa shape index (κ1) is 22.8. The molecule has 0 spiro atoms. The van der Waals surface area contributed by atoms with Gasteiger partial charge in [0.1, 0.15) is 0 Å². The molecule has 3 aliphatic rings. The molecule has 6 rings (SSSR count). The van der Waals surface area contributed by atoms with Crippen molar-refractivity contribution in [3.8, 4) is 0 Å². The van der Waals surface area contributed by atoms with Gasteiger partial charge >= 0.3 is 5.97 Å². The number of hydrogen-bond acceptors (Lipinski definition) is 3. The Morgan fingerprint density at radius 3 is 2.42 bits per heavy atom. The summed E-state index contributed by atoms with van der Waals surface area (Å²) in [6, 6.07) is 21.9. The molecular weight excluding hydrogens is 452 g/mol. The Hall–Kier alpha value is -3.67. The molecule has 3 aromatic rings. The Morgan fingerprint density at radius 1 is 0.861 bits per heavy atom. The van der Waals surface area contributed by atoms with Crippen LogP contribution < -0.4 is 4.90 Å². The van der Waals surface area contributed by atoms with Crippen molar-refractivity contribution in [2.45, 2.75) is 63.1 Å². The second-order valence-corrected chi connectivity index (χ2v) is 10.3. The summed E-state index contributed by atoms with van der Waals surface area (Å²) in [4.78, 5) is 42.8. The van der Waals surface area contributed by atoms with Gasteiger partial charge < -0.3 is 14.9 Å². The minimum Gasteiger partial charge on any atom is -0.481 e. The lowest BCUT2D eigenvalue weighted by molar-refractivity contribution is -0.142. The lowest BCUT2D eigenvalue weighted by Crippen LogP contribution is -2.53. The van der Waals surface area contributed by atoms with Crippen LogP contribution in [0.5, 0.6) is 0 Å². The second-order valence-electron chi connectivity index (χ2n) is 10.3. The highest BCUT2D eigenvalue weighted by atomic mass is 16.4. The van der Waals surface area contributed by atoms with E-state index >= 15 is 0 Å². The van der Waals surface area contributed by atoms with E-state index in [0.29, 0.717) is 5.56 Å². The zero-order chi connectivity index (χ0) is 24.8. The van der Waals surface area contributed by atoms with E-state index in [1.165, 1.54) is 0 Å². The number of benzene rings is 3. The maximum atomic E-state index is 14.2. The molecule has 3 atom stereocenters. The van der Waals surface area contributed by atoms with E-state index in [0.717, 1.165) is 54.1 Å². The predicted molar refractivity (Wildman–Crippen MR) is 138 cm³/mol. The van der Waals surface area contributed by atoms with Crippen LogP contribution in [0.15, 0.2) is 66.7 Å². The number of rotatable bonds is 6. The van der Waals surface area contributed by atoms with Gasteiger partial charge in [0, 0.05) is 35.7 Å². The van der Waals surface area contributed by atoms with Crippen LogP contribution in [0.4, 0.5) is 5.69 Å². The van der Waals surface area contributed by atoms with E-state index in [4.69, 9.17) is 0 Å². The van der Waals surface area contributed by atoms with E-state index < -0.39 is 5.97 Å². The summed E-state index contributed by atoms with van der Waals surface area (Å²) in [6.45, 7) is 0. The Kier molecular flexibility index (Phi) is 5.75. The first-order chi connectivity index (χ1) is 17.5. The lowest BCUT2D eigenvalue weighted by Gasteiger charge is -2.48. The molecule has 6 heteroatoms. The number of amides is 2. The molecule has 1 aliphatic heterocycles. The molecule has 0 bridgehead atoms. The van der Waals surface area contributed by atoms with Crippen LogP contribution in [0, 0.1) is 5.92 Å². The van der Waals surface area contributed by atoms with Gasteiger partial charge in [-0.05, 0) is 54.2 Å². The third-order valence-electron chi connectivity index (χ3n) is 8.10. The maximum absolute atomic E-state index is 14.2. The summed E-state index contributed by atoms with van der Waals surface area (Å²) in [5.41, 5.74) is 2.58. The minimum atomic E-state index is -0.950. The number of carboxylic acid groups (broad SMARTS) is 1. The van der Waals surface area contributed by atoms with Crippen molar-refractivity contribution in [1.82, 2.24) is 4.90 Å². The van der Waals surface area contributed by atoms with Gasteiger partial charge in [-0.1, -0.05) is 61.0 Å². The Labute approximate surface area is 210 Å². The van der Waals surface area contributed by atoms with Crippen molar-refractivity contribution in [2.75, 3.05) is 4.90 Å². The molecule has 0 aromatic heterocycles. The summed E-state index contributed by atoms with van der Waals surface area (Å²) in [5.74, 6) is -0.897. The highest BCUT2D eigenvalue weighted by Crippen LogP contribution is 2.53. The number of aliphatic carboxylic acids is 1. The Bertz CT molecular complexity index is 1340. The third-order valence-corrected chi connectivity index (χ3v) is 8.10. The van der Waals surface area contributed by atoms with Gasteiger partial charge in [0.05, 0.1) is 12.5 Å². The van der Waals surface area contributed by atoms with Gasteiger partial charge in [-0.3, -0.25) is 14.4 Å². The van der Waals surface area contributed by atoms with Gasteiger partial charge in [-0.2, -0.15) is 0 Å². The fourth-order valence-corrected chi connectivity index (χ4v) is 6.46. The first-order valence-corrected chi connectivity index (χ1v) is 13.0. The number of fused-ring (bicyclic) bond motifs is 3. The van der Waals surface area contributed by atoms with E-state index in [1.54, 1.807) is 0 Å². The maximum Gasteiger partial charge on any atom is 0.303 e. The number of nitrogens with zero attached hydrogens (tertiary/aromatic N) is 2. The summed E-state index contributed by atoms with van der Waals surface area (Å²) in [5, 5.41) is 11.2. The molecular formula is C30H30N2O4. The minimum absolute atomic E-state index is 0.00442. The number of para-hydroxylation sites is 1. The number of anilines is 1. The van der Waals surface area contributed by atoms with Gasteiger partial charge in [0.2, 0.25) is 5.91 Å². The van der Waals surface area contributed by atoms with Gasteiger partial charge in [-0.25, -0.2) is 0 Å². The average Bonchev–Trinajstić information content (AvgIpc) is 3.62. The quantitative estimate of drug-likeness (QED) is 0.499. The fraction of sp³-hybridized carbons (Fsp3) is 0.367. The summed E-state index contributed by atoms with van der Waals surface area (Å²) >= 11 is 0. The van der Waals surface area contributed by atoms with Crippen LogP contribution in [0.2, 0.25) is 0 Å². The van der Waals surface area contributed by atoms with Crippen LogP contribution in [-0.4, -0.2) is 39.9 Å². The third kappa shape index (κ3) is 3.85. The summed E-state index contributed by atoms with van der Waals surface area (Å²) in [6.07, 6.45) is 4.60. The lowest BCUT2D eigenvalue weighted by atomic mass is 9.81. The van der Waals surface area contributed by atoms with E-state index in [9.17, 15) is 19.5 Å². The van der Waals surface area contributed by atoms with Crippen molar-refractivity contribution >= 4 is 34.2 Å². The molecule has 2 fully saturated rings. The molecule has 3 unspecified atom stereocenters. The molecule has 3 aromatic carbocycles. The number of carbonyl (C=O) groups excluding carboxylic acids is 2. The van der Waals surface area contributed by atoms with Gasteiger partial charge in [-0.15, -0.1) is 0 Å². The average molecular weight is 483 g/mol. The van der Waals surface area contributed by atoms with Crippen LogP contribution in [0.1, 0.15) is 66.9 Å². The van der Waals surface area contributed by atoms with E-state index in [1.807, 2.05) is 70.5 Å². The first-order valence-electron chi connectivity index (χ1n) is 13.0. The normalized spacial score (nSPS) is 22.7. The molecule has 2 saturated carbocycles. The smallest absolute Gasteiger partial charge is 0.303 e. The van der Waals surface area contributed by atoms with Gasteiger partial charge in [0.15, 0.2) is 0 Å². The molecule has 184 valence electrons. The molecule has 0 saturated heterocycles. The summed E-state index contributed by atoms with van der Waals surface area (Å²) in [7, 11) is 0. The number of hydrogen-bond donors (Lipinski definition) is 1. The van der Waals surface area contributed by atoms with Crippen LogP contribution in [0.3, 0.4) is 0 Å². The molecule has 6 nitrogen and oxygen atoms in total. The molecule has 1 heterocycles.